The average molecular weight is 375 g/mol. The van der Waals surface area contributed by atoms with E-state index < -0.39 is 0 Å². The monoisotopic (exact) mass is 374 g/mol. The van der Waals surface area contributed by atoms with Gasteiger partial charge in [-0.2, -0.15) is 0 Å². The normalized spacial score (nSPS) is 20.7. The van der Waals surface area contributed by atoms with Crippen LogP contribution in [0.25, 0.3) is 0 Å². The Kier molecular flexibility index (Phi) is 4.96. The fourth-order valence-corrected chi connectivity index (χ4v) is 3.29. The fraction of sp³-hybridized carbons (Fsp3) is 0.333. The van der Waals surface area contributed by atoms with E-state index in [1.807, 2.05) is 12.1 Å². The zero-order chi connectivity index (χ0) is 16.2. The van der Waals surface area contributed by atoms with Gasteiger partial charge in [0.1, 0.15) is 0 Å². The molecule has 2 amide bonds. The number of hydrogen-bond donors (Lipinski definition) is 1. The van der Waals surface area contributed by atoms with Crippen LogP contribution in [0.5, 0.6) is 0 Å². The van der Waals surface area contributed by atoms with E-state index in [0.29, 0.717) is 11.3 Å². The van der Waals surface area contributed by atoms with E-state index in [1.54, 1.807) is 29.3 Å². The van der Waals surface area contributed by atoms with E-state index in [0.717, 1.165) is 17.3 Å². The number of carbonyl (C=O) groups is 2. The molecule has 0 unspecified atom stereocenters. The van der Waals surface area contributed by atoms with Crippen molar-refractivity contribution in [2.24, 2.45) is 0 Å². The highest BCUT2D eigenvalue weighted by atomic mass is 79.9. The number of halogens is 1. The molecule has 3 rings (SSSR count). The summed E-state index contributed by atoms with van der Waals surface area (Å²) < 4.78 is 0.927. The van der Waals surface area contributed by atoms with E-state index in [1.165, 1.54) is 25.3 Å². The number of nitrogens with one attached hydrogen (secondary N) is 1. The highest BCUT2D eigenvalue weighted by Crippen LogP contribution is 2.24. The van der Waals surface area contributed by atoms with Crippen LogP contribution in [0.3, 0.4) is 0 Å². The van der Waals surface area contributed by atoms with E-state index in [4.69, 9.17) is 0 Å². The predicted octanol–water partition coefficient (Wildman–Crippen LogP) is 4.39. The van der Waals surface area contributed by atoms with E-state index in [9.17, 15) is 9.59 Å². The van der Waals surface area contributed by atoms with Gasteiger partial charge in [-0.05, 0) is 43.2 Å². The molecule has 120 valence electrons. The second-order valence-electron chi connectivity index (χ2n) is 5.92. The summed E-state index contributed by atoms with van der Waals surface area (Å²) >= 11 is 3.34. The molecule has 1 aromatic rings. The Hall–Kier alpha value is -1.88. The Morgan fingerprint density at radius 3 is 2.52 bits per heavy atom. The maximum Gasteiger partial charge on any atom is 0.326 e. The molecule has 5 heteroatoms. The van der Waals surface area contributed by atoms with Crippen molar-refractivity contribution < 1.29 is 9.59 Å². The van der Waals surface area contributed by atoms with E-state index in [-0.39, 0.29) is 17.9 Å². The van der Waals surface area contributed by atoms with Gasteiger partial charge < -0.3 is 5.32 Å². The third kappa shape index (κ3) is 3.91. The zero-order valence-electron chi connectivity index (χ0n) is 12.8. The van der Waals surface area contributed by atoms with Crippen LogP contribution in [0.15, 0.2) is 52.8 Å². The minimum Gasteiger partial charge on any atom is -0.307 e. The van der Waals surface area contributed by atoms with Crippen molar-refractivity contribution in [3.8, 4) is 0 Å². The lowest BCUT2D eigenvalue weighted by Crippen LogP contribution is -2.45. The molecule has 0 saturated heterocycles. The predicted molar refractivity (Wildman–Crippen MR) is 92.9 cm³/mol. The summed E-state index contributed by atoms with van der Waals surface area (Å²) in [5.74, 6) is -0.122. The first-order chi connectivity index (χ1) is 11.1. The molecule has 0 aromatic heterocycles. The summed E-state index contributed by atoms with van der Waals surface area (Å²) in [5, 5.41) is 2.81. The molecule has 0 atom stereocenters. The molecule has 1 heterocycles. The third-order valence-electron chi connectivity index (χ3n) is 4.28. The summed E-state index contributed by atoms with van der Waals surface area (Å²) in [5.41, 5.74) is 1.13. The Morgan fingerprint density at radius 1 is 1.17 bits per heavy atom. The minimum atomic E-state index is -0.144. The molecule has 2 aliphatic rings. The second kappa shape index (κ2) is 7.13. The van der Waals surface area contributed by atoms with Crippen molar-refractivity contribution in [2.45, 2.75) is 38.1 Å². The van der Waals surface area contributed by atoms with Crippen molar-refractivity contribution >= 4 is 27.7 Å². The number of urea groups is 1. The molecule has 1 aliphatic heterocycles. The maximum atomic E-state index is 12.3. The first kappa shape index (κ1) is 16.0. The lowest BCUT2D eigenvalue weighted by atomic mass is 9.94. The van der Waals surface area contributed by atoms with Gasteiger partial charge in [0.25, 0.3) is 0 Å². The van der Waals surface area contributed by atoms with Crippen molar-refractivity contribution in [3.63, 3.8) is 0 Å². The molecule has 1 saturated carbocycles. The molecule has 0 spiro atoms. The minimum absolute atomic E-state index is 0.122. The van der Waals surface area contributed by atoms with Crippen LogP contribution in [0.1, 0.15) is 42.5 Å². The van der Waals surface area contributed by atoms with Crippen LogP contribution in [0.2, 0.25) is 0 Å². The van der Waals surface area contributed by atoms with Crippen molar-refractivity contribution in [1.82, 2.24) is 10.2 Å². The van der Waals surface area contributed by atoms with Gasteiger partial charge in [-0.1, -0.05) is 35.2 Å². The lowest BCUT2D eigenvalue weighted by Gasteiger charge is -2.33. The molecule has 1 aliphatic carbocycles. The average Bonchev–Trinajstić information content (AvgIpc) is 2.56. The molecule has 23 heavy (non-hydrogen) atoms. The smallest absolute Gasteiger partial charge is 0.307 e. The number of carbonyl (C=O) groups excluding carboxylic acids is 2. The summed E-state index contributed by atoms with van der Waals surface area (Å²) in [7, 11) is 0. The van der Waals surface area contributed by atoms with Gasteiger partial charge in [0, 0.05) is 34.1 Å². The highest BCUT2D eigenvalue weighted by Gasteiger charge is 2.26. The number of nitrogens with zero attached hydrogens (tertiary/aromatic N) is 1. The summed E-state index contributed by atoms with van der Waals surface area (Å²) in [6.07, 6.45) is 10.8. The Bertz CT molecular complexity index is 658. The van der Waals surface area contributed by atoms with Gasteiger partial charge in [0.2, 0.25) is 0 Å². The van der Waals surface area contributed by atoms with Crippen LogP contribution >= 0.6 is 15.9 Å². The standard InChI is InChI=1S/C18H19BrN2O2/c19-14-8-6-13(7-9-14)17(22)12-15-10-11-21(18(23)20-15)16-4-2-1-3-5-16/h6-12,16H,1-5H2,(H,20,23)/b15-12-. The van der Waals surface area contributed by atoms with Crippen molar-refractivity contribution in [1.29, 1.82) is 0 Å². The molecule has 0 bridgehead atoms. The molecular formula is C18H19BrN2O2. The van der Waals surface area contributed by atoms with Gasteiger partial charge >= 0.3 is 6.03 Å². The molecule has 0 radical (unpaired) electrons. The Morgan fingerprint density at radius 2 is 1.87 bits per heavy atom. The van der Waals surface area contributed by atoms with Crippen LogP contribution in [0.4, 0.5) is 4.79 Å². The van der Waals surface area contributed by atoms with E-state index in [2.05, 4.69) is 21.2 Å². The van der Waals surface area contributed by atoms with Gasteiger partial charge in [-0.3, -0.25) is 9.69 Å². The van der Waals surface area contributed by atoms with Gasteiger partial charge in [-0.15, -0.1) is 0 Å². The molecule has 1 N–H and O–H groups in total. The molecule has 4 nitrogen and oxygen atoms in total. The van der Waals surface area contributed by atoms with Crippen LogP contribution in [0, 0.1) is 0 Å². The second-order valence-corrected chi connectivity index (χ2v) is 6.83. The van der Waals surface area contributed by atoms with Crippen LogP contribution in [-0.2, 0) is 0 Å². The number of allylic oxidation sites excluding steroid dienone is 2. The lowest BCUT2D eigenvalue weighted by molar-refractivity contribution is 0.104. The first-order valence-electron chi connectivity index (χ1n) is 7.92. The molecular weight excluding hydrogens is 356 g/mol. The zero-order valence-corrected chi connectivity index (χ0v) is 14.4. The quantitative estimate of drug-likeness (QED) is 0.629. The number of amides is 2. The van der Waals surface area contributed by atoms with Crippen molar-refractivity contribution in [2.75, 3.05) is 0 Å². The summed E-state index contributed by atoms with van der Waals surface area (Å²) in [6, 6.07) is 7.30. The Labute approximate surface area is 144 Å². The van der Waals surface area contributed by atoms with Gasteiger partial charge in [0.05, 0.1) is 0 Å². The number of rotatable bonds is 3. The van der Waals surface area contributed by atoms with Crippen LogP contribution < -0.4 is 5.32 Å². The Balaban J connectivity index is 1.71. The van der Waals surface area contributed by atoms with Gasteiger partial charge in [0.15, 0.2) is 5.78 Å². The number of benzene rings is 1. The summed E-state index contributed by atoms with van der Waals surface area (Å²) in [6.45, 7) is 0. The van der Waals surface area contributed by atoms with E-state index >= 15 is 0 Å². The molecule has 1 aromatic carbocycles. The highest BCUT2D eigenvalue weighted by molar-refractivity contribution is 9.10. The van der Waals surface area contributed by atoms with Crippen LogP contribution in [-0.4, -0.2) is 22.8 Å². The molecule has 1 fully saturated rings. The SMILES string of the molecule is O=C(/C=C1/C=CN(C2CCCCC2)C(=O)N1)c1ccc(Br)cc1. The van der Waals surface area contributed by atoms with Crippen molar-refractivity contribution in [3.05, 3.63) is 58.4 Å². The first-order valence-corrected chi connectivity index (χ1v) is 8.72. The summed E-state index contributed by atoms with van der Waals surface area (Å²) in [4.78, 5) is 26.3. The third-order valence-corrected chi connectivity index (χ3v) is 4.81. The fourth-order valence-electron chi connectivity index (χ4n) is 3.03. The van der Waals surface area contributed by atoms with Gasteiger partial charge in [-0.25, -0.2) is 4.79 Å². The number of hydrogen-bond acceptors (Lipinski definition) is 2. The number of ketones is 1. The topological polar surface area (TPSA) is 49.4 Å². The largest absolute Gasteiger partial charge is 0.326 e. The maximum absolute atomic E-state index is 12.3.